The van der Waals surface area contributed by atoms with Gasteiger partial charge in [-0.15, -0.1) is 0 Å². The minimum absolute atomic E-state index is 0.0214. The quantitative estimate of drug-likeness (QED) is 0.446. The van der Waals surface area contributed by atoms with Crippen molar-refractivity contribution >= 4 is 26.1 Å². The van der Waals surface area contributed by atoms with Crippen molar-refractivity contribution in [1.82, 2.24) is 4.57 Å². The second-order valence-corrected chi connectivity index (χ2v) is 13.5. The first kappa shape index (κ1) is 18.0. The van der Waals surface area contributed by atoms with Crippen LogP contribution in [0.5, 0.6) is 0 Å². The van der Waals surface area contributed by atoms with Crippen molar-refractivity contribution in [3.05, 3.63) is 0 Å². The van der Waals surface area contributed by atoms with Crippen LogP contribution in [0.4, 0.5) is 4.79 Å². The summed E-state index contributed by atoms with van der Waals surface area (Å²) in [4.78, 5) is 36.0. The van der Waals surface area contributed by atoms with Crippen molar-refractivity contribution in [2.24, 2.45) is 5.92 Å². The fourth-order valence-corrected chi connectivity index (χ4v) is 5.86. The third-order valence-corrected chi connectivity index (χ3v) is 11.0. The number of β-lactam (4-membered cyclic amide) rings is 1. The molecule has 2 rings (SSSR count). The van der Waals surface area contributed by atoms with Gasteiger partial charge in [0.05, 0.1) is 0 Å². The van der Waals surface area contributed by atoms with E-state index in [2.05, 4.69) is 33.9 Å². The molecule has 7 heteroatoms. The molecule has 2 aliphatic heterocycles. The van der Waals surface area contributed by atoms with Gasteiger partial charge in [-0.05, 0) is 18.9 Å². The van der Waals surface area contributed by atoms with Gasteiger partial charge in [-0.2, -0.15) is 0 Å². The van der Waals surface area contributed by atoms with Crippen LogP contribution in [-0.4, -0.2) is 48.9 Å². The zero-order valence-electron chi connectivity index (χ0n) is 15.1. The molecule has 2 aliphatic rings. The Kier molecular flexibility index (Phi) is 4.16. The van der Waals surface area contributed by atoms with Crippen molar-refractivity contribution in [2.45, 2.75) is 70.8 Å². The molecular formula is C16H27NO5Si. The highest BCUT2D eigenvalue weighted by molar-refractivity contribution is 6.80. The Morgan fingerprint density at radius 3 is 2.30 bits per heavy atom. The number of hydrogen-bond donors (Lipinski definition) is 0. The molecule has 2 heterocycles. The van der Waals surface area contributed by atoms with Crippen LogP contribution in [0, 0.1) is 5.92 Å². The van der Waals surface area contributed by atoms with Crippen LogP contribution in [-0.2, 0) is 19.1 Å². The summed E-state index contributed by atoms with van der Waals surface area (Å²) in [6, 6.07) is -0.222. The fraction of sp³-hybridized carbons (Fsp3) is 0.812. The molecule has 2 fully saturated rings. The number of cyclic esters (lactones) is 2. The largest absolute Gasteiger partial charge is 0.509 e. The lowest BCUT2D eigenvalue weighted by atomic mass is 9.75. The highest BCUT2D eigenvalue weighted by atomic mass is 28.3. The molecule has 0 spiro atoms. The molecule has 3 unspecified atom stereocenters. The molecule has 23 heavy (non-hydrogen) atoms. The number of rotatable bonds is 4. The van der Waals surface area contributed by atoms with Gasteiger partial charge in [0.15, 0.2) is 13.8 Å². The summed E-state index contributed by atoms with van der Waals surface area (Å²) in [7, 11) is -2.11. The lowest BCUT2D eigenvalue weighted by Crippen LogP contribution is -2.77. The molecular weight excluding hydrogens is 314 g/mol. The molecule has 0 radical (unpaired) electrons. The molecule has 2 saturated heterocycles. The van der Waals surface area contributed by atoms with Gasteiger partial charge in [-0.3, -0.25) is 9.59 Å². The third-order valence-electron chi connectivity index (χ3n) is 5.61. The number of nitrogens with zero attached hydrogens (tertiary/aromatic N) is 1. The number of ketones is 1. The third kappa shape index (κ3) is 2.79. The van der Waals surface area contributed by atoms with E-state index in [0.29, 0.717) is 0 Å². The molecule has 6 nitrogen and oxygen atoms in total. The van der Waals surface area contributed by atoms with Gasteiger partial charge in [0.1, 0.15) is 18.3 Å². The zero-order chi connectivity index (χ0) is 17.8. The van der Waals surface area contributed by atoms with Gasteiger partial charge in [0.25, 0.3) is 0 Å². The molecule has 0 bridgehead atoms. The first-order valence-corrected chi connectivity index (χ1v) is 10.9. The Morgan fingerprint density at radius 1 is 1.35 bits per heavy atom. The second-order valence-electron chi connectivity index (χ2n) is 8.42. The molecule has 0 aromatic rings. The summed E-state index contributed by atoms with van der Waals surface area (Å²) in [5.41, 5.74) is -0.979. The van der Waals surface area contributed by atoms with Crippen LogP contribution in [0.15, 0.2) is 0 Å². The van der Waals surface area contributed by atoms with Gasteiger partial charge in [-0.1, -0.05) is 33.9 Å². The monoisotopic (exact) mass is 341 g/mol. The SMILES string of the molecule is CC(=O)CC1C(C2(C)COC(=O)O2)C(=O)N1[Si](C)(C)C(C)(C)C. The molecule has 0 N–H and O–H groups in total. The lowest BCUT2D eigenvalue weighted by molar-refractivity contribution is -0.163. The van der Waals surface area contributed by atoms with E-state index in [0.717, 1.165) is 0 Å². The molecule has 1 amide bonds. The normalized spacial score (nSPS) is 31.5. The molecule has 0 aliphatic carbocycles. The number of Topliss-reactive ketones (excluding diaryl/α,β-unsaturated/α-hetero) is 1. The Bertz CT molecular complexity index is 553. The Labute approximate surface area is 138 Å². The molecule has 0 saturated carbocycles. The smallest absolute Gasteiger partial charge is 0.430 e. The van der Waals surface area contributed by atoms with Crippen LogP contribution in [0.25, 0.3) is 0 Å². The van der Waals surface area contributed by atoms with Crippen molar-refractivity contribution in [3.63, 3.8) is 0 Å². The van der Waals surface area contributed by atoms with Crippen molar-refractivity contribution in [1.29, 1.82) is 0 Å². The predicted octanol–water partition coefficient (Wildman–Crippen LogP) is 2.72. The maximum Gasteiger partial charge on any atom is 0.509 e. The summed E-state index contributed by atoms with van der Waals surface area (Å²) in [5, 5.41) is -0.0214. The fourth-order valence-electron chi connectivity index (χ4n) is 3.37. The summed E-state index contributed by atoms with van der Waals surface area (Å²) in [6.07, 6.45) is -0.455. The summed E-state index contributed by atoms with van der Waals surface area (Å²) >= 11 is 0. The van der Waals surface area contributed by atoms with Crippen molar-refractivity contribution in [2.75, 3.05) is 6.61 Å². The highest BCUT2D eigenvalue weighted by Gasteiger charge is 2.65. The Balaban J connectivity index is 2.35. The van der Waals surface area contributed by atoms with E-state index in [1.54, 1.807) is 6.92 Å². The van der Waals surface area contributed by atoms with Crippen molar-refractivity contribution < 1.29 is 23.9 Å². The van der Waals surface area contributed by atoms with Gasteiger partial charge >= 0.3 is 6.16 Å². The minimum atomic E-state index is -2.11. The number of hydrogen-bond acceptors (Lipinski definition) is 5. The minimum Gasteiger partial charge on any atom is -0.430 e. The number of ether oxygens (including phenoxy) is 2. The average Bonchev–Trinajstić information content (AvgIpc) is 2.66. The topological polar surface area (TPSA) is 72.9 Å². The van der Waals surface area contributed by atoms with E-state index in [9.17, 15) is 14.4 Å². The van der Waals surface area contributed by atoms with Crippen LogP contribution in [0.3, 0.4) is 0 Å². The summed E-state index contributed by atoms with van der Waals surface area (Å²) in [5.74, 6) is -0.499. The molecule has 0 aromatic heterocycles. The summed E-state index contributed by atoms with van der Waals surface area (Å²) in [6.45, 7) is 14.0. The van der Waals surface area contributed by atoms with Gasteiger partial charge < -0.3 is 14.0 Å². The number of amides is 1. The first-order valence-electron chi connectivity index (χ1n) is 7.99. The second kappa shape index (κ2) is 5.33. The highest BCUT2D eigenvalue weighted by Crippen LogP contribution is 2.49. The van der Waals surface area contributed by atoms with Crippen LogP contribution >= 0.6 is 0 Å². The molecule has 3 atom stereocenters. The van der Waals surface area contributed by atoms with Gasteiger partial charge in [0, 0.05) is 12.5 Å². The van der Waals surface area contributed by atoms with E-state index in [-0.39, 0.29) is 35.8 Å². The molecule has 0 aromatic carbocycles. The standard InChI is InChI=1S/C16H27NO5Si/c1-10(18)8-11-12(16(5)9-21-14(20)22-16)13(19)17(11)23(6,7)15(2,3)4/h11-12H,8-9H2,1-7H3. The predicted molar refractivity (Wildman–Crippen MR) is 87.5 cm³/mol. The maximum absolute atomic E-state index is 12.9. The van der Waals surface area contributed by atoms with Crippen LogP contribution < -0.4 is 0 Å². The van der Waals surface area contributed by atoms with Gasteiger partial charge in [0.2, 0.25) is 5.91 Å². The van der Waals surface area contributed by atoms with E-state index in [1.807, 2.05) is 4.57 Å². The van der Waals surface area contributed by atoms with Crippen molar-refractivity contribution in [3.8, 4) is 0 Å². The first-order chi connectivity index (χ1) is 10.3. The van der Waals surface area contributed by atoms with E-state index in [4.69, 9.17) is 9.47 Å². The molecule has 130 valence electrons. The van der Waals surface area contributed by atoms with Gasteiger partial charge in [-0.25, -0.2) is 4.79 Å². The summed E-state index contributed by atoms with van der Waals surface area (Å²) < 4.78 is 12.1. The number of carbonyl (C=O) groups is 3. The Morgan fingerprint density at radius 2 is 1.91 bits per heavy atom. The zero-order valence-corrected chi connectivity index (χ0v) is 16.1. The van der Waals surface area contributed by atoms with E-state index in [1.165, 1.54) is 6.92 Å². The van der Waals surface area contributed by atoms with Crippen LogP contribution in [0.2, 0.25) is 18.1 Å². The van der Waals surface area contributed by atoms with Crippen LogP contribution in [0.1, 0.15) is 41.0 Å². The number of carbonyl (C=O) groups excluding carboxylic acids is 3. The van der Waals surface area contributed by atoms with E-state index < -0.39 is 25.9 Å². The average molecular weight is 341 g/mol. The Hall–Kier alpha value is -1.37. The van der Waals surface area contributed by atoms with E-state index >= 15 is 0 Å². The maximum atomic E-state index is 12.9. The lowest BCUT2D eigenvalue weighted by Gasteiger charge is -2.60.